The fraction of sp³-hybridized carbons (Fsp3) is 0.333. The van der Waals surface area contributed by atoms with Gasteiger partial charge in [0.25, 0.3) is 0 Å². The van der Waals surface area contributed by atoms with Crippen molar-refractivity contribution < 1.29 is 14.2 Å². The van der Waals surface area contributed by atoms with Gasteiger partial charge in [0.05, 0.1) is 19.3 Å². The first-order valence-electron chi connectivity index (χ1n) is 5.69. The molecule has 5 nitrogen and oxygen atoms in total. The third kappa shape index (κ3) is 2.06. The Hall–Kier alpha value is -1.95. The van der Waals surface area contributed by atoms with E-state index >= 15 is 0 Å². The molecule has 1 atom stereocenters. The molecule has 1 aliphatic rings. The van der Waals surface area contributed by atoms with Crippen molar-refractivity contribution in [2.24, 2.45) is 0 Å². The Balaban J connectivity index is 1.70. The maximum absolute atomic E-state index is 13.1. The molecule has 0 bridgehead atoms. The topological polar surface area (TPSA) is 60.2 Å². The van der Waals surface area contributed by atoms with E-state index in [0.29, 0.717) is 18.7 Å². The van der Waals surface area contributed by atoms with Crippen LogP contribution in [-0.2, 0) is 19.6 Å². The number of hydrogen-bond donors (Lipinski definition) is 1. The monoisotopic (exact) mass is 249 g/mol. The van der Waals surface area contributed by atoms with Crippen molar-refractivity contribution in [1.82, 2.24) is 15.0 Å². The summed E-state index contributed by atoms with van der Waals surface area (Å²) in [7, 11) is 0. The number of halogens is 1. The molecule has 1 unspecified atom stereocenters. The Morgan fingerprint density at radius 3 is 3.17 bits per heavy atom. The highest BCUT2D eigenvalue weighted by atomic mass is 19.1. The van der Waals surface area contributed by atoms with Gasteiger partial charge < -0.3 is 9.84 Å². The fourth-order valence-electron chi connectivity index (χ4n) is 2.10. The first-order valence-corrected chi connectivity index (χ1v) is 5.69. The van der Waals surface area contributed by atoms with Crippen LogP contribution in [0.25, 0.3) is 0 Å². The zero-order chi connectivity index (χ0) is 12.5. The molecule has 1 aromatic heterocycles. The van der Waals surface area contributed by atoms with Crippen LogP contribution >= 0.6 is 0 Å². The molecular weight excluding hydrogens is 237 g/mol. The van der Waals surface area contributed by atoms with Gasteiger partial charge in [-0.3, -0.25) is 0 Å². The molecule has 6 heteroatoms. The predicted molar refractivity (Wildman–Crippen MR) is 60.5 cm³/mol. The van der Waals surface area contributed by atoms with E-state index in [1.807, 2.05) is 0 Å². The van der Waals surface area contributed by atoms with E-state index in [0.717, 1.165) is 11.3 Å². The summed E-state index contributed by atoms with van der Waals surface area (Å²) in [5, 5.41) is 16.6. The highest BCUT2D eigenvalue weighted by Crippen LogP contribution is 2.29. The van der Waals surface area contributed by atoms with Crippen LogP contribution in [0.3, 0.4) is 0 Å². The largest absolute Gasteiger partial charge is 0.488 e. The van der Waals surface area contributed by atoms with Gasteiger partial charge in [-0.1, -0.05) is 5.21 Å². The van der Waals surface area contributed by atoms with Gasteiger partial charge >= 0.3 is 0 Å². The number of aromatic nitrogens is 3. The smallest absolute Gasteiger partial charge is 0.123 e. The molecule has 0 radical (unpaired) electrons. The summed E-state index contributed by atoms with van der Waals surface area (Å²) in [6, 6.07) is 4.53. The van der Waals surface area contributed by atoms with Crippen LogP contribution in [0.2, 0.25) is 0 Å². The normalized spacial score (nSPS) is 17.6. The number of fused-ring (bicyclic) bond motifs is 1. The molecule has 3 rings (SSSR count). The second-order valence-corrected chi connectivity index (χ2v) is 4.29. The fourth-order valence-corrected chi connectivity index (χ4v) is 2.10. The molecule has 94 valence electrons. The van der Waals surface area contributed by atoms with Crippen LogP contribution in [0.4, 0.5) is 4.39 Å². The summed E-state index contributed by atoms with van der Waals surface area (Å²) in [4.78, 5) is 0. The lowest BCUT2D eigenvalue weighted by molar-refractivity contribution is 0.202. The van der Waals surface area contributed by atoms with Gasteiger partial charge in [0.1, 0.15) is 23.4 Å². The van der Waals surface area contributed by atoms with E-state index in [2.05, 4.69) is 10.3 Å². The molecule has 0 fully saturated rings. The lowest BCUT2D eigenvalue weighted by atomic mass is 10.1. The van der Waals surface area contributed by atoms with Crippen molar-refractivity contribution in [2.75, 3.05) is 0 Å². The quantitative estimate of drug-likeness (QED) is 0.878. The van der Waals surface area contributed by atoms with E-state index in [9.17, 15) is 4.39 Å². The van der Waals surface area contributed by atoms with Crippen LogP contribution in [0.5, 0.6) is 5.75 Å². The van der Waals surface area contributed by atoms with Crippen molar-refractivity contribution in [1.29, 1.82) is 0 Å². The minimum absolute atomic E-state index is 0.0740. The highest BCUT2D eigenvalue weighted by Gasteiger charge is 2.23. The minimum Gasteiger partial charge on any atom is -0.488 e. The van der Waals surface area contributed by atoms with E-state index in [1.165, 1.54) is 12.1 Å². The molecule has 1 aromatic carbocycles. The van der Waals surface area contributed by atoms with Crippen LogP contribution in [0, 0.1) is 5.82 Å². The Morgan fingerprint density at radius 2 is 2.39 bits per heavy atom. The second-order valence-electron chi connectivity index (χ2n) is 4.29. The predicted octanol–water partition coefficient (Wildman–Crippen LogP) is 0.913. The summed E-state index contributed by atoms with van der Waals surface area (Å²) >= 11 is 0. The summed E-state index contributed by atoms with van der Waals surface area (Å²) in [6.45, 7) is 0.403. The minimum atomic E-state index is -0.249. The van der Waals surface area contributed by atoms with Crippen molar-refractivity contribution in [3.63, 3.8) is 0 Å². The molecule has 2 aromatic rings. The van der Waals surface area contributed by atoms with Crippen LogP contribution in [0.1, 0.15) is 11.3 Å². The standard InChI is InChI=1S/C12H12FN3O2/c13-9-1-2-12-8(3-9)4-11(18-12)6-16-5-10(7-17)14-15-16/h1-3,5,11,17H,4,6-7H2. The third-order valence-electron chi connectivity index (χ3n) is 2.90. The third-order valence-corrected chi connectivity index (χ3v) is 2.90. The van der Waals surface area contributed by atoms with Gasteiger partial charge in [0.2, 0.25) is 0 Å². The molecule has 0 saturated carbocycles. The number of benzene rings is 1. The van der Waals surface area contributed by atoms with Crippen LogP contribution < -0.4 is 4.74 Å². The SMILES string of the molecule is OCc1cn(CC2Cc3cc(F)ccc3O2)nn1. The van der Waals surface area contributed by atoms with Crippen molar-refractivity contribution in [3.8, 4) is 5.75 Å². The van der Waals surface area contributed by atoms with Gasteiger partial charge in [-0.05, 0) is 18.2 Å². The molecule has 2 heterocycles. The molecule has 0 aliphatic carbocycles. The summed E-state index contributed by atoms with van der Waals surface area (Å²) in [5.74, 6) is 0.477. The number of aliphatic hydroxyl groups is 1. The lowest BCUT2D eigenvalue weighted by Gasteiger charge is -2.09. The number of ether oxygens (including phenoxy) is 1. The number of aliphatic hydroxyl groups excluding tert-OH is 1. The molecule has 0 saturated heterocycles. The highest BCUT2D eigenvalue weighted by molar-refractivity contribution is 5.37. The average Bonchev–Trinajstić information content (AvgIpc) is 2.95. The van der Waals surface area contributed by atoms with Crippen molar-refractivity contribution in [3.05, 3.63) is 41.5 Å². The van der Waals surface area contributed by atoms with Crippen LogP contribution in [0.15, 0.2) is 24.4 Å². The zero-order valence-corrected chi connectivity index (χ0v) is 9.58. The van der Waals surface area contributed by atoms with Gasteiger partial charge in [0.15, 0.2) is 0 Å². The lowest BCUT2D eigenvalue weighted by Crippen LogP contribution is -2.21. The number of hydrogen-bond acceptors (Lipinski definition) is 4. The molecule has 1 aliphatic heterocycles. The second kappa shape index (κ2) is 4.38. The van der Waals surface area contributed by atoms with Gasteiger partial charge in [-0.2, -0.15) is 0 Å². The van der Waals surface area contributed by atoms with E-state index < -0.39 is 0 Å². The summed E-state index contributed by atoms with van der Waals surface area (Å²) < 4.78 is 20.4. The maximum atomic E-state index is 13.1. The van der Waals surface area contributed by atoms with E-state index in [-0.39, 0.29) is 18.5 Å². The Labute approximate surface area is 103 Å². The first-order chi connectivity index (χ1) is 8.74. The summed E-state index contributed by atoms with van der Waals surface area (Å²) in [6.07, 6.45) is 2.25. The van der Waals surface area contributed by atoms with E-state index in [1.54, 1.807) is 16.9 Å². The maximum Gasteiger partial charge on any atom is 0.123 e. The van der Waals surface area contributed by atoms with Gasteiger partial charge in [0, 0.05) is 12.0 Å². The molecule has 18 heavy (non-hydrogen) atoms. The molecular formula is C12H12FN3O2. The molecule has 0 spiro atoms. The summed E-state index contributed by atoms with van der Waals surface area (Å²) in [5.41, 5.74) is 1.40. The van der Waals surface area contributed by atoms with Gasteiger partial charge in [-0.25, -0.2) is 9.07 Å². The number of nitrogens with zero attached hydrogens (tertiary/aromatic N) is 3. The van der Waals surface area contributed by atoms with Gasteiger partial charge in [-0.15, -0.1) is 5.10 Å². The average molecular weight is 249 g/mol. The Morgan fingerprint density at radius 1 is 1.50 bits per heavy atom. The van der Waals surface area contributed by atoms with E-state index in [4.69, 9.17) is 9.84 Å². The van der Waals surface area contributed by atoms with Crippen molar-refractivity contribution >= 4 is 0 Å². The first kappa shape index (κ1) is 11.2. The Bertz CT molecular complexity index is 570. The number of rotatable bonds is 3. The van der Waals surface area contributed by atoms with Crippen molar-refractivity contribution in [2.45, 2.75) is 25.7 Å². The molecule has 0 amide bonds. The van der Waals surface area contributed by atoms with Crippen LogP contribution in [-0.4, -0.2) is 26.2 Å². The molecule has 1 N–H and O–H groups in total. The Kier molecular flexibility index (Phi) is 2.71. The zero-order valence-electron chi connectivity index (χ0n) is 9.58.